The number of nitrogens with one attached hydrogen (secondary N) is 1. The predicted octanol–water partition coefficient (Wildman–Crippen LogP) is 4.37. The van der Waals surface area contributed by atoms with E-state index in [9.17, 15) is 14.4 Å². The minimum Gasteiger partial charge on any atom is -0.325 e. The molecule has 0 fully saturated rings. The van der Waals surface area contributed by atoms with Crippen LogP contribution in [0.3, 0.4) is 0 Å². The van der Waals surface area contributed by atoms with Gasteiger partial charge in [-0.1, -0.05) is 23.9 Å². The molecule has 5 nitrogen and oxygen atoms in total. The summed E-state index contributed by atoms with van der Waals surface area (Å²) in [5, 5.41) is 13.1. The van der Waals surface area contributed by atoms with E-state index >= 15 is 0 Å². The number of rotatable bonds is 5. The molecular formula is C22H17FN4OS. The Morgan fingerprint density at radius 1 is 1.28 bits per heavy atom. The zero-order valence-electron chi connectivity index (χ0n) is 15.5. The van der Waals surface area contributed by atoms with Gasteiger partial charge in [-0.05, 0) is 49.1 Å². The largest absolute Gasteiger partial charge is 0.325 e. The molecule has 1 N–H and O–H groups in total. The van der Waals surface area contributed by atoms with Gasteiger partial charge in [0.2, 0.25) is 5.91 Å². The summed E-state index contributed by atoms with van der Waals surface area (Å²) in [5.41, 5.74) is 4.71. The molecule has 0 saturated carbocycles. The summed E-state index contributed by atoms with van der Waals surface area (Å²) in [6.07, 6.45) is 6.18. The van der Waals surface area contributed by atoms with E-state index in [0.717, 1.165) is 41.6 Å². The molecule has 0 saturated heterocycles. The highest BCUT2D eigenvalue weighted by Crippen LogP contribution is 2.38. The molecule has 29 heavy (non-hydrogen) atoms. The van der Waals surface area contributed by atoms with Gasteiger partial charge in [-0.3, -0.25) is 9.78 Å². The number of halogens is 1. The normalized spacial score (nSPS) is 12.3. The number of aryl methyl sites for hydroxylation is 1. The van der Waals surface area contributed by atoms with E-state index in [1.807, 2.05) is 12.1 Å². The number of amides is 1. The van der Waals surface area contributed by atoms with Crippen molar-refractivity contribution in [3.8, 4) is 17.2 Å². The van der Waals surface area contributed by atoms with Crippen LogP contribution in [0, 0.1) is 17.1 Å². The van der Waals surface area contributed by atoms with Crippen LogP contribution < -0.4 is 5.32 Å². The fourth-order valence-corrected chi connectivity index (χ4v) is 4.30. The molecule has 4 rings (SSSR count). The molecule has 3 aromatic rings. The number of pyridine rings is 2. The number of fused-ring (bicyclic) bond motifs is 1. The van der Waals surface area contributed by atoms with Crippen molar-refractivity contribution in [1.29, 1.82) is 5.26 Å². The second-order valence-corrected chi connectivity index (χ2v) is 7.61. The first-order valence-corrected chi connectivity index (χ1v) is 10.2. The van der Waals surface area contributed by atoms with Gasteiger partial charge in [0.1, 0.15) is 16.9 Å². The lowest BCUT2D eigenvalue weighted by molar-refractivity contribution is -0.113. The number of anilines is 1. The summed E-state index contributed by atoms with van der Waals surface area (Å²) < 4.78 is 13.3. The van der Waals surface area contributed by atoms with Crippen LogP contribution in [0.4, 0.5) is 10.1 Å². The van der Waals surface area contributed by atoms with Crippen molar-refractivity contribution >= 4 is 23.4 Å². The molecule has 0 spiro atoms. The number of nitrogens with zero attached hydrogens (tertiary/aromatic N) is 3. The van der Waals surface area contributed by atoms with E-state index in [0.29, 0.717) is 16.3 Å². The Hall–Kier alpha value is -3.24. The van der Waals surface area contributed by atoms with Crippen molar-refractivity contribution in [2.75, 3.05) is 11.1 Å². The van der Waals surface area contributed by atoms with Crippen molar-refractivity contribution in [2.45, 2.75) is 24.3 Å². The number of nitriles is 1. The monoisotopic (exact) mass is 404 g/mol. The van der Waals surface area contributed by atoms with Crippen molar-refractivity contribution in [1.82, 2.24) is 9.97 Å². The van der Waals surface area contributed by atoms with E-state index < -0.39 is 5.82 Å². The lowest BCUT2D eigenvalue weighted by Gasteiger charge is -2.14. The van der Waals surface area contributed by atoms with E-state index in [4.69, 9.17) is 0 Å². The Morgan fingerprint density at radius 3 is 2.93 bits per heavy atom. The summed E-state index contributed by atoms with van der Waals surface area (Å²) in [5.74, 6) is -0.623. The standard InChI is InChI=1S/C22H17FN4OS/c23-15-5-1-6-16(10-15)26-20(28)13-29-22-18(11-24)21(14-4-3-9-25-12-14)17-7-2-8-19(17)27-22/h1,3-6,9-10,12H,2,7-8,13H2,(H,26,28). The van der Waals surface area contributed by atoms with Crippen LogP contribution >= 0.6 is 11.8 Å². The van der Waals surface area contributed by atoms with E-state index in [1.165, 1.54) is 30.0 Å². The fourth-order valence-electron chi connectivity index (χ4n) is 3.49. The number of carbonyl (C=O) groups excluding carboxylic acids is 1. The van der Waals surface area contributed by atoms with Gasteiger partial charge in [-0.25, -0.2) is 9.37 Å². The molecule has 2 heterocycles. The Bertz CT molecular complexity index is 1110. The van der Waals surface area contributed by atoms with Gasteiger partial charge in [0.15, 0.2) is 0 Å². The third-order valence-corrected chi connectivity index (χ3v) is 5.68. The number of hydrogen-bond donors (Lipinski definition) is 1. The summed E-state index contributed by atoms with van der Waals surface area (Å²) >= 11 is 1.22. The van der Waals surface area contributed by atoms with Crippen molar-refractivity contribution in [3.05, 3.63) is 71.4 Å². The van der Waals surface area contributed by atoms with Crippen molar-refractivity contribution in [3.63, 3.8) is 0 Å². The Balaban J connectivity index is 1.61. The zero-order chi connectivity index (χ0) is 20.2. The minimum absolute atomic E-state index is 0.0729. The third-order valence-electron chi connectivity index (χ3n) is 4.70. The van der Waals surface area contributed by atoms with Gasteiger partial charge in [0, 0.05) is 34.9 Å². The quantitative estimate of drug-likeness (QED) is 0.639. The van der Waals surface area contributed by atoms with Gasteiger partial charge in [0.25, 0.3) is 0 Å². The highest BCUT2D eigenvalue weighted by atomic mass is 32.2. The average Bonchev–Trinajstić information content (AvgIpc) is 3.20. The number of carbonyl (C=O) groups is 1. The maximum absolute atomic E-state index is 13.3. The lowest BCUT2D eigenvalue weighted by Crippen LogP contribution is -2.14. The Kier molecular flexibility index (Phi) is 5.54. The summed E-state index contributed by atoms with van der Waals surface area (Å²) in [6.45, 7) is 0. The molecule has 7 heteroatoms. The maximum atomic E-state index is 13.3. The number of aromatic nitrogens is 2. The van der Waals surface area contributed by atoms with Gasteiger partial charge in [0.05, 0.1) is 11.3 Å². The first-order valence-electron chi connectivity index (χ1n) is 9.20. The molecule has 1 amide bonds. The fraction of sp³-hybridized carbons (Fsp3) is 0.182. The average molecular weight is 404 g/mol. The second kappa shape index (κ2) is 8.41. The van der Waals surface area contributed by atoms with Crippen LogP contribution in [0.1, 0.15) is 23.2 Å². The number of benzene rings is 1. The van der Waals surface area contributed by atoms with Crippen LogP contribution in [-0.4, -0.2) is 21.6 Å². The molecule has 0 atom stereocenters. The lowest BCUT2D eigenvalue weighted by atomic mass is 9.97. The van der Waals surface area contributed by atoms with Crippen LogP contribution in [0.15, 0.2) is 53.8 Å². The van der Waals surface area contributed by atoms with Crippen LogP contribution in [0.2, 0.25) is 0 Å². The molecule has 2 aromatic heterocycles. The van der Waals surface area contributed by atoms with Gasteiger partial charge in [-0.15, -0.1) is 0 Å². The molecule has 1 aliphatic rings. The molecule has 0 bridgehead atoms. The summed E-state index contributed by atoms with van der Waals surface area (Å²) in [4.78, 5) is 21.2. The first kappa shape index (κ1) is 19.1. The Labute approximate surface area is 172 Å². The van der Waals surface area contributed by atoms with E-state index in [-0.39, 0.29) is 11.7 Å². The highest BCUT2D eigenvalue weighted by molar-refractivity contribution is 8.00. The number of hydrogen-bond acceptors (Lipinski definition) is 5. The van der Waals surface area contributed by atoms with Crippen molar-refractivity contribution in [2.24, 2.45) is 0 Å². The number of thioether (sulfide) groups is 1. The molecule has 0 aliphatic heterocycles. The summed E-state index contributed by atoms with van der Waals surface area (Å²) in [6, 6.07) is 11.8. The van der Waals surface area contributed by atoms with Gasteiger partial charge >= 0.3 is 0 Å². The molecule has 1 aromatic carbocycles. The van der Waals surface area contributed by atoms with Crippen LogP contribution in [0.25, 0.3) is 11.1 Å². The summed E-state index contributed by atoms with van der Waals surface area (Å²) in [7, 11) is 0. The smallest absolute Gasteiger partial charge is 0.234 e. The molecular weight excluding hydrogens is 387 g/mol. The molecule has 0 radical (unpaired) electrons. The first-order chi connectivity index (χ1) is 14.2. The maximum Gasteiger partial charge on any atom is 0.234 e. The Morgan fingerprint density at radius 2 is 2.17 bits per heavy atom. The van der Waals surface area contributed by atoms with Gasteiger partial charge in [-0.2, -0.15) is 5.26 Å². The molecule has 144 valence electrons. The topological polar surface area (TPSA) is 78.7 Å². The van der Waals surface area contributed by atoms with Crippen LogP contribution in [0.5, 0.6) is 0 Å². The zero-order valence-corrected chi connectivity index (χ0v) is 16.3. The van der Waals surface area contributed by atoms with Crippen LogP contribution in [-0.2, 0) is 17.6 Å². The van der Waals surface area contributed by atoms with Crippen molar-refractivity contribution < 1.29 is 9.18 Å². The third kappa shape index (κ3) is 4.13. The molecule has 1 aliphatic carbocycles. The highest BCUT2D eigenvalue weighted by Gasteiger charge is 2.24. The minimum atomic E-state index is -0.413. The SMILES string of the molecule is N#Cc1c(SCC(=O)Nc2cccc(F)c2)nc2c(c1-c1cccnc1)CCC2. The predicted molar refractivity (Wildman–Crippen MR) is 110 cm³/mol. The van der Waals surface area contributed by atoms with Gasteiger partial charge < -0.3 is 5.32 Å². The molecule has 0 unspecified atom stereocenters. The van der Waals surface area contributed by atoms with E-state index in [2.05, 4.69) is 21.4 Å². The van der Waals surface area contributed by atoms with E-state index in [1.54, 1.807) is 18.5 Å². The second-order valence-electron chi connectivity index (χ2n) is 6.65.